The fraction of sp³-hybridized carbons (Fsp3) is 0.0500. The van der Waals surface area contributed by atoms with Crippen LogP contribution in [0.1, 0.15) is 10.4 Å². The molecule has 0 unspecified atom stereocenters. The van der Waals surface area contributed by atoms with Gasteiger partial charge in [-0.25, -0.2) is 13.2 Å². The maximum atomic E-state index is 12.8. The van der Waals surface area contributed by atoms with Gasteiger partial charge in [0.25, 0.3) is 10.0 Å². The first-order valence-corrected chi connectivity index (χ1v) is 10.3. The van der Waals surface area contributed by atoms with Crippen LogP contribution in [-0.2, 0) is 14.8 Å². The molecule has 5 nitrogen and oxygen atoms in total. The zero-order valence-electron chi connectivity index (χ0n) is 14.6. The van der Waals surface area contributed by atoms with E-state index in [2.05, 4.69) is 9.46 Å². The molecule has 28 heavy (non-hydrogen) atoms. The Labute approximate surface area is 172 Å². The first-order valence-electron chi connectivity index (χ1n) is 8.06. The van der Waals surface area contributed by atoms with E-state index in [9.17, 15) is 13.2 Å². The Bertz CT molecular complexity index is 1130. The van der Waals surface area contributed by atoms with Crippen LogP contribution in [0, 0.1) is 0 Å². The smallest absolute Gasteiger partial charge is 0.337 e. The molecular formula is C20H15Cl2NO4S. The Morgan fingerprint density at radius 1 is 0.893 bits per heavy atom. The fourth-order valence-electron chi connectivity index (χ4n) is 2.60. The largest absolute Gasteiger partial charge is 0.465 e. The van der Waals surface area contributed by atoms with Crippen molar-refractivity contribution in [2.75, 3.05) is 11.8 Å². The highest BCUT2D eigenvalue weighted by molar-refractivity contribution is 7.92. The molecule has 0 aliphatic rings. The Balaban J connectivity index is 1.94. The van der Waals surface area contributed by atoms with Crippen LogP contribution in [0.4, 0.5) is 5.69 Å². The highest BCUT2D eigenvalue weighted by Gasteiger charge is 2.16. The minimum absolute atomic E-state index is 0.0598. The molecule has 0 saturated heterocycles. The number of nitrogens with one attached hydrogen (secondary N) is 1. The third-order valence-corrected chi connectivity index (χ3v) is 5.69. The van der Waals surface area contributed by atoms with Crippen molar-refractivity contribution in [3.63, 3.8) is 0 Å². The van der Waals surface area contributed by atoms with Crippen LogP contribution < -0.4 is 4.72 Å². The SMILES string of the molecule is COC(=O)c1cccc(NS(=O)(=O)c2cccc(-c3cc(Cl)cc(Cl)c3)c2)c1. The predicted molar refractivity (Wildman–Crippen MR) is 110 cm³/mol. The highest BCUT2D eigenvalue weighted by Crippen LogP contribution is 2.29. The van der Waals surface area contributed by atoms with Crippen LogP contribution in [0.3, 0.4) is 0 Å². The summed E-state index contributed by atoms with van der Waals surface area (Å²) in [5.41, 5.74) is 1.84. The molecular weight excluding hydrogens is 421 g/mol. The van der Waals surface area contributed by atoms with Gasteiger partial charge in [0.05, 0.1) is 17.6 Å². The van der Waals surface area contributed by atoms with Crippen molar-refractivity contribution in [3.05, 3.63) is 82.3 Å². The first kappa shape index (κ1) is 20.2. The maximum absolute atomic E-state index is 12.8. The van der Waals surface area contributed by atoms with Gasteiger partial charge >= 0.3 is 5.97 Å². The van der Waals surface area contributed by atoms with E-state index in [1.54, 1.807) is 42.5 Å². The van der Waals surface area contributed by atoms with Gasteiger partial charge < -0.3 is 4.74 Å². The van der Waals surface area contributed by atoms with Crippen molar-refractivity contribution in [1.82, 2.24) is 0 Å². The van der Waals surface area contributed by atoms with Crippen LogP contribution in [0.15, 0.2) is 71.6 Å². The zero-order valence-corrected chi connectivity index (χ0v) is 17.0. The molecule has 8 heteroatoms. The highest BCUT2D eigenvalue weighted by atomic mass is 35.5. The molecule has 3 aromatic rings. The normalized spacial score (nSPS) is 11.1. The standard InChI is InChI=1S/C20H15Cl2NO4S/c1-27-20(24)14-5-2-6-18(10-14)23-28(25,26)19-7-3-4-13(11-19)15-8-16(21)12-17(22)9-15/h2-12,23H,1H3. The van der Waals surface area contributed by atoms with Crippen molar-refractivity contribution < 1.29 is 17.9 Å². The van der Waals surface area contributed by atoms with E-state index in [0.717, 1.165) is 0 Å². The molecule has 0 amide bonds. The lowest BCUT2D eigenvalue weighted by molar-refractivity contribution is 0.0601. The number of sulfonamides is 1. The summed E-state index contributed by atoms with van der Waals surface area (Å²) in [5, 5.41) is 0.905. The number of methoxy groups -OCH3 is 1. The lowest BCUT2D eigenvalue weighted by Crippen LogP contribution is -2.13. The molecule has 144 valence electrons. The van der Waals surface area contributed by atoms with Gasteiger partial charge in [-0.15, -0.1) is 0 Å². The zero-order chi connectivity index (χ0) is 20.3. The van der Waals surface area contributed by atoms with Gasteiger partial charge in [-0.2, -0.15) is 0 Å². The number of ether oxygens (including phenoxy) is 1. The van der Waals surface area contributed by atoms with Crippen molar-refractivity contribution in [2.45, 2.75) is 4.90 Å². The Morgan fingerprint density at radius 3 is 2.25 bits per heavy atom. The van der Waals surface area contributed by atoms with E-state index in [1.165, 1.54) is 31.4 Å². The van der Waals surface area contributed by atoms with Gasteiger partial charge in [0.15, 0.2) is 0 Å². The maximum Gasteiger partial charge on any atom is 0.337 e. The van der Waals surface area contributed by atoms with Gasteiger partial charge in [0.1, 0.15) is 0 Å². The minimum Gasteiger partial charge on any atom is -0.465 e. The van der Waals surface area contributed by atoms with Gasteiger partial charge in [-0.1, -0.05) is 41.4 Å². The second kappa shape index (κ2) is 8.22. The van der Waals surface area contributed by atoms with Crippen molar-refractivity contribution in [2.24, 2.45) is 0 Å². The number of halogens is 2. The second-order valence-corrected chi connectivity index (χ2v) is 8.42. The van der Waals surface area contributed by atoms with Gasteiger partial charge in [-0.05, 0) is 59.7 Å². The average Bonchev–Trinajstić information content (AvgIpc) is 2.66. The third kappa shape index (κ3) is 4.65. The molecule has 3 rings (SSSR count). The van der Waals surface area contributed by atoms with Crippen LogP contribution >= 0.6 is 23.2 Å². The summed E-state index contributed by atoms with van der Waals surface area (Å²) < 4.78 is 32.7. The van der Waals surface area contributed by atoms with E-state index >= 15 is 0 Å². The average molecular weight is 436 g/mol. The number of hydrogen-bond acceptors (Lipinski definition) is 4. The van der Waals surface area contributed by atoms with Crippen LogP contribution in [-0.4, -0.2) is 21.5 Å². The number of anilines is 1. The predicted octanol–water partition coefficient (Wildman–Crippen LogP) is 5.25. The Kier molecular flexibility index (Phi) is 5.93. The lowest BCUT2D eigenvalue weighted by atomic mass is 10.1. The molecule has 0 spiro atoms. The summed E-state index contributed by atoms with van der Waals surface area (Å²) in [6.07, 6.45) is 0. The number of rotatable bonds is 5. The molecule has 0 radical (unpaired) electrons. The summed E-state index contributed by atoms with van der Waals surface area (Å²) >= 11 is 12.1. The fourth-order valence-corrected chi connectivity index (χ4v) is 4.23. The van der Waals surface area contributed by atoms with E-state index in [-0.39, 0.29) is 16.1 Å². The number of carbonyl (C=O) groups is 1. The first-order chi connectivity index (χ1) is 13.3. The second-order valence-electron chi connectivity index (χ2n) is 5.86. The summed E-state index contributed by atoms with van der Waals surface area (Å²) in [5.74, 6) is -0.555. The molecule has 0 aliphatic carbocycles. The van der Waals surface area contributed by atoms with E-state index in [4.69, 9.17) is 23.2 Å². The molecule has 0 bridgehead atoms. The topological polar surface area (TPSA) is 72.5 Å². The summed E-state index contributed by atoms with van der Waals surface area (Å²) in [7, 11) is -2.62. The molecule has 0 saturated carbocycles. The van der Waals surface area contributed by atoms with Gasteiger partial charge in [-0.3, -0.25) is 4.72 Å². The molecule has 0 fully saturated rings. The quantitative estimate of drug-likeness (QED) is 0.555. The summed E-state index contributed by atoms with van der Waals surface area (Å²) in [6.45, 7) is 0. The minimum atomic E-state index is -3.88. The number of esters is 1. The van der Waals surface area contributed by atoms with E-state index in [1.807, 2.05) is 0 Å². The van der Waals surface area contributed by atoms with Crippen LogP contribution in [0.2, 0.25) is 10.0 Å². The number of hydrogen-bond donors (Lipinski definition) is 1. The Morgan fingerprint density at radius 2 is 1.57 bits per heavy atom. The molecule has 1 N–H and O–H groups in total. The Hall–Kier alpha value is -2.54. The molecule has 3 aromatic carbocycles. The number of benzene rings is 3. The number of carbonyl (C=O) groups excluding carboxylic acids is 1. The monoisotopic (exact) mass is 435 g/mol. The molecule has 0 atom stereocenters. The van der Waals surface area contributed by atoms with Gasteiger partial charge in [0, 0.05) is 15.7 Å². The van der Waals surface area contributed by atoms with Crippen molar-refractivity contribution >= 4 is 44.9 Å². The van der Waals surface area contributed by atoms with E-state index < -0.39 is 16.0 Å². The van der Waals surface area contributed by atoms with Crippen LogP contribution in [0.25, 0.3) is 11.1 Å². The third-order valence-electron chi connectivity index (χ3n) is 3.88. The lowest BCUT2D eigenvalue weighted by Gasteiger charge is -2.11. The summed E-state index contributed by atoms with van der Waals surface area (Å²) in [4.78, 5) is 11.7. The summed E-state index contributed by atoms with van der Waals surface area (Å²) in [6, 6.07) is 17.4. The van der Waals surface area contributed by atoms with E-state index in [0.29, 0.717) is 21.2 Å². The molecule has 0 heterocycles. The van der Waals surface area contributed by atoms with Crippen molar-refractivity contribution in [1.29, 1.82) is 0 Å². The molecule has 0 aromatic heterocycles. The van der Waals surface area contributed by atoms with Crippen molar-refractivity contribution in [3.8, 4) is 11.1 Å². The van der Waals surface area contributed by atoms with Crippen LogP contribution in [0.5, 0.6) is 0 Å². The van der Waals surface area contributed by atoms with Gasteiger partial charge in [0.2, 0.25) is 0 Å². The molecule has 0 aliphatic heterocycles.